The molecule has 0 fully saturated rings. The van der Waals surface area contributed by atoms with E-state index in [9.17, 15) is 9.00 Å². The van der Waals surface area contributed by atoms with E-state index in [0.29, 0.717) is 11.5 Å². The summed E-state index contributed by atoms with van der Waals surface area (Å²) in [5, 5.41) is 4.47. The van der Waals surface area contributed by atoms with Crippen LogP contribution in [0.2, 0.25) is 0 Å². The Morgan fingerprint density at radius 2 is 2.15 bits per heavy atom. The van der Waals surface area contributed by atoms with Gasteiger partial charge in [-0.05, 0) is 29.3 Å². The third kappa shape index (κ3) is 4.15. The van der Waals surface area contributed by atoms with Gasteiger partial charge in [-0.1, -0.05) is 13.8 Å². The van der Waals surface area contributed by atoms with Crippen molar-refractivity contribution in [2.24, 2.45) is 5.92 Å². The molecular formula is C13H21BrN2O3S. The Bertz CT molecular complexity index is 502. The molecule has 0 radical (unpaired) electrons. The second kappa shape index (κ2) is 7.93. The Balaban J connectivity index is 2.80. The molecule has 0 aliphatic carbocycles. The van der Waals surface area contributed by atoms with Crippen molar-refractivity contribution in [2.45, 2.75) is 39.5 Å². The van der Waals surface area contributed by atoms with Crippen molar-refractivity contribution in [3.63, 3.8) is 0 Å². The van der Waals surface area contributed by atoms with Crippen LogP contribution in [-0.4, -0.2) is 32.8 Å². The van der Waals surface area contributed by atoms with E-state index in [1.54, 1.807) is 6.92 Å². The number of nitrogens with zero attached hydrogens (tertiary/aromatic N) is 2. The molecule has 1 aromatic heterocycles. The summed E-state index contributed by atoms with van der Waals surface area (Å²) in [6.07, 6.45) is 0.825. The highest BCUT2D eigenvalue weighted by molar-refractivity contribution is 9.10. The first-order valence-corrected chi connectivity index (χ1v) is 8.89. The van der Waals surface area contributed by atoms with Crippen LogP contribution in [0, 0.1) is 5.92 Å². The Kier molecular flexibility index (Phi) is 6.88. The Morgan fingerprint density at radius 3 is 2.65 bits per heavy atom. The van der Waals surface area contributed by atoms with E-state index in [2.05, 4.69) is 25.8 Å². The highest BCUT2D eigenvalue weighted by atomic mass is 79.9. The molecule has 7 heteroatoms. The summed E-state index contributed by atoms with van der Waals surface area (Å²) in [7, 11) is 0.220. The highest BCUT2D eigenvalue weighted by Gasteiger charge is 2.20. The lowest BCUT2D eigenvalue weighted by Crippen LogP contribution is -2.20. The van der Waals surface area contributed by atoms with Gasteiger partial charge in [0.15, 0.2) is 0 Å². The number of aryl methyl sites for hydroxylation is 2. The molecular weight excluding hydrogens is 344 g/mol. The molecule has 20 heavy (non-hydrogen) atoms. The number of hydrogen-bond donors (Lipinski definition) is 0. The molecule has 1 rings (SSSR count). The highest BCUT2D eigenvalue weighted by Crippen LogP contribution is 2.24. The van der Waals surface area contributed by atoms with Crippen LogP contribution in [0.3, 0.4) is 0 Å². The van der Waals surface area contributed by atoms with Gasteiger partial charge in [-0.3, -0.25) is 13.7 Å². The van der Waals surface area contributed by atoms with Gasteiger partial charge in [0.25, 0.3) is 0 Å². The van der Waals surface area contributed by atoms with Crippen LogP contribution in [0.5, 0.6) is 0 Å². The van der Waals surface area contributed by atoms with Crippen LogP contribution in [0.25, 0.3) is 0 Å². The van der Waals surface area contributed by atoms with Gasteiger partial charge >= 0.3 is 5.97 Å². The molecule has 0 aromatic carbocycles. The molecule has 0 aliphatic heterocycles. The topological polar surface area (TPSA) is 61.2 Å². The number of esters is 1. The largest absolute Gasteiger partial charge is 0.469 e. The third-order valence-electron chi connectivity index (χ3n) is 3.03. The van der Waals surface area contributed by atoms with Gasteiger partial charge in [0.1, 0.15) is 0 Å². The summed E-state index contributed by atoms with van der Waals surface area (Å²) < 4.78 is 19.7. The lowest BCUT2D eigenvalue weighted by Gasteiger charge is -2.10. The van der Waals surface area contributed by atoms with Crippen molar-refractivity contribution >= 4 is 32.7 Å². The number of hydrogen-bond acceptors (Lipinski definition) is 4. The summed E-state index contributed by atoms with van der Waals surface area (Å²) >= 11 is 3.53. The number of carbonyl (C=O) groups excluding carboxylic acids is 1. The number of carbonyl (C=O) groups is 1. The summed E-state index contributed by atoms with van der Waals surface area (Å²) in [6.45, 7) is 6.50. The van der Waals surface area contributed by atoms with Gasteiger partial charge in [0.2, 0.25) is 0 Å². The van der Waals surface area contributed by atoms with E-state index in [4.69, 9.17) is 0 Å². The summed E-state index contributed by atoms with van der Waals surface area (Å²) in [5.74, 6) is 0.0111. The fourth-order valence-electron chi connectivity index (χ4n) is 1.91. The predicted molar refractivity (Wildman–Crippen MR) is 82.9 cm³/mol. The maximum Gasteiger partial charge on any atom is 0.309 e. The maximum atomic E-state index is 12.2. The first-order chi connectivity index (χ1) is 9.44. The van der Waals surface area contributed by atoms with Gasteiger partial charge < -0.3 is 4.74 Å². The lowest BCUT2D eigenvalue weighted by atomic mass is 10.2. The van der Waals surface area contributed by atoms with Crippen molar-refractivity contribution in [3.8, 4) is 0 Å². The van der Waals surface area contributed by atoms with Gasteiger partial charge in [-0.2, -0.15) is 5.10 Å². The van der Waals surface area contributed by atoms with E-state index in [-0.39, 0.29) is 11.9 Å². The summed E-state index contributed by atoms with van der Waals surface area (Å²) in [4.78, 5) is 11.4. The third-order valence-corrected chi connectivity index (χ3v) is 5.41. The molecule has 0 spiro atoms. The first kappa shape index (κ1) is 17.4. The SMILES string of the molecule is CCc1nn(CC)c(CS(=O)CC(C)C(=O)OC)c1Br. The van der Waals surface area contributed by atoms with Gasteiger partial charge in [0, 0.05) is 23.1 Å². The van der Waals surface area contributed by atoms with Crippen LogP contribution in [0.15, 0.2) is 4.47 Å². The minimum absolute atomic E-state index is 0.301. The number of ether oxygens (including phenoxy) is 1. The fourth-order valence-corrected chi connectivity index (χ4v) is 4.21. The molecule has 0 aliphatic rings. The van der Waals surface area contributed by atoms with Crippen LogP contribution in [0.4, 0.5) is 0 Å². The zero-order chi connectivity index (χ0) is 15.3. The standard InChI is InChI=1S/C13H21BrN2O3S/c1-5-10-12(14)11(16(6-2)15-10)8-20(18)7-9(3)13(17)19-4/h9H,5-8H2,1-4H3. The number of halogens is 1. The van der Waals surface area contributed by atoms with Gasteiger partial charge in [0.05, 0.1) is 34.6 Å². The summed E-state index contributed by atoms with van der Waals surface area (Å²) in [5.41, 5.74) is 1.90. The Labute approximate surface area is 130 Å². The fraction of sp³-hybridized carbons (Fsp3) is 0.692. The second-order valence-electron chi connectivity index (χ2n) is 4.55. The first-order valence-electron chi connectivity index (χ1n) is 6.61. The monoisotopic (exact) mass is 364 g/mol. The molecule has 2 unspecified atom stereocenters. The average molecular weight is 365 g/mol. The van der Waals surface area contributed by atoms with Crippen LogP contribution < -0.4 is 0 Å². The minimum Gasteiger partial charge on any atom is -0.469 e. The van der Waals surface area contributed by atoms with Crippen molar-refractivity contribution in [1.29, 1.82) is 0 Å². The second-order valence-corrected chi connectivity index (χ2v) is 6.85. The normalized spacial score (nSPS) is 14.1. The molecule has 0 saturated carbocycles. The van der Waals surface area contributed by atoms with Gasteiger partial charge in [-0.15, -0.1) is 0 Å². The average Bonchev–Trinajstić information content (AvgIpc) is 2.74. The molecule has 0 N–H and O–H groups in total. The van der Waals surface area contributed by atoms with Gasteiger partial charge in [-0.25, -0.2) is 0 Å². The molecule has 1 heterocycles. The Hall–Kier alpha value is -0.690. The van der Waals surface area contributed by atoms with E-state index in [1.807, 2.05) is 18.5 Å². The molecule has 0 amide bonds. The van der Waals surface area contributed by atoms with Crippen molar-refractivity contribution < 1.29 is 13.7 Å². The summed E-state index contributed by atoms with van der Waals surface area (Å²) in [6, 6.07) is 0. The van der Waals surface area contributed by atoms with Crippen molar-refractivity contribution in [3.05, 3.63) is 15.9 Å². The molecule has 1 aromatic rings. The predicted octanol–water partition coefficient (Wildman–Crippen LogP) is 2.29. The number of aromatic nitrogens is 2. The van der Waals surface area contributed by atoms with Crippen molar-refractivity contribution in [2.75, 3.05) is 12.9 Å². The number of methoxy groups -OCH3 is 1. The smallest absolute Gasteiger partial charge is 0.309 e. The minimum atomic E-state index is -1.13. The van der Waals surface area contributed by atoms with Crippen molar-refractivity contribution in [1.82, 2.24) is 9.78 Å². The number of rotatable bonds is 7. The van der Waals surface area contributed by atoms with E-state index < -0.39 is 10.8 Å². The lowest BCUT2D eigenvalue weighted by molar-refractivity contribution is -0.144. The molecule has 0 saturated heterocycles. The molecule has 114 valence electrons. The van der Waals surface area contributed by atoms with E-state index >= 15 is 0 Å². The van der Waals surface area contributed by atoms with Crippen LogP contribution >= 0.6 is 15.9 Å². The van der Waals surface area contributed by atoms with E-state index in [1.165, 1.54) is 7.11 Å². The van der Waals surface area contributed by atoms with E-state index in [0.717, 1.165) is 28.8 Å². The quantitative estimate of drug-likeness (QED) is 0.696. The zero-order valence-electron chi connectivity index (χ0n) is 12.3. The zero-order valence-corrected chi connectivity index (χ0v) is 14.7. The maximum absolute atomic E-state index is 12.2. The van der Waals surface area contributed by atoms with Crippen LogP contribution in [0.1, 0.15) is 32.2 Å². The molecule has 2 atom stereocenters. The molecule has 0 bridgehead atoms. The Morgan fingerprint density at radius 1 is 1.50 bits per heavy atom. The molecule has 5 nitrogen and oxygen atoms in total. The van der Waals surface area contributed by atoms with Crippen LogP contribution in [-0.2, 0) is 39.0 Å².